The monoisotopic (exact) mass is 183 g/mol. The summed E-state index contributed by atoms with van der Waals surface area (Å²) < 4.78 is 0. The molecule has 0 aromatic heterocycles. The predicted molar refractivity (Wildman–Crippen MR) is 61.0 cm³/mol. The van der Waals surface area contributed by atoms with Crippen molar-refractivity contribution in [2.75, 3.05) is 6.54 Å². The first-order valence-corrected chi connectivity index (χ1v) is 5.42. The lowest BCUT2D eigenvalue weighted by molar-refractivity contribution is 0.292. The van der Waals surface area contributed by atoms with Crippen molar-refractivity contribution >= 4 is 0 Å². The van der Waals surface area contributed by atoms with Crippen LogP contribution in [0, 0.1) is 5.41 Å². The lowest BCUT2D eigenvalue weighted by Crippen LogP contribution is -2.31. The first kappa shape index (κ1) is 12.7. The Hall–Kier alpha value is -0.300. The van der Waals surface area contributed by atoms with E-state index in [9.17, 15) is 0 Å². The van der Waals surface area contributed by atoms with Gasteiger partial charge in [-0.25, -0.2) is 0 Å². The van der Waals surface area contributed by atoms with Gasteiger partial charge in [-0.15, -0.1) is 0 Å². The molecule has 0 aliphatic rings. The van der Waals surface area contributed by atoms with E-state index < -0.39 is 0 Å². The lowest BCUT2D eigenvalue weighted by atomic mass is 9.83. The van der Waals surface area contributed by atoms with Crippen LogP contribution in [-0.2, 0) is 0 Å². The minimum Gasteiger partial charge on any atom is -0.311 e. The van der Waals surface area contributed by atoms with Gasteiger partial charge in [0.1, 0.15) is 0 Å². The summed E-state index contributed by atoms with van der Waals surface area (Å²) in [6.07, 6.45) is 6.87. The molecule has 1 N–H and O–H groups in total. The molecule has 0 aromatic carbocycles. The average Bonchev–Trinajstić information content (AvgIpc) is 2.05. The van der Waals surface area contributed by atoms with Crippen LogP contribution in [0.25, 0.3) is 0 Å². The molecule has 13 heavy (non-hydrogen) atoms. The smallest absolute Gasteiger partial charge is 0.0254 e. The van der Waals surface area contributed by atoms with Crippen LogP contribution in [0.3, 0.4) is 0 Å². The fourth-order valence-corrected chi connectivity index (χ4v) is 1.44. The van der Waals surface area contributed by atoms with Gasteiger partial charge in [-0.05, 0) is 25.3 Å². The number of hydrogen-bond donors (Lipinski definition) is 1. The quantitative estimate of drug-likeness (QED) is 0.623. The number of rotatable bonds is 6. The van der Waals surface area contributed by atoms with Crippen molar-refractivity contribution in [2.24, 2.45) is 5.41 Å². The molecule has 0 amide bonds. The number of nitrogens with one attached hydrogen (secondary N) is 1. The van der Waals surface area contributed by atoms with Crippen LogP contribution in [0.5, 0.6) is 0 Å². The molecule has 0 rings (SSSR count). The van der Waals surface area contributed by atoms with Crippen molar-refractivity contribution in [1.29, 1.82) is 0 Å². The predicted octanol–water partition coefficient (Wildman–Crippen LogP) is 3.37. The molecule has 1 atom stereocenters. The Morgan fingerprint density at radius 2 is 1.92 bits per heavy atom. The maximum Gasteiger partial charge on any atom is 0.0254 e. The molecular weight excluding hydrogens is 158 g/mol. The molecule has 0 aliphatic heterocycles. The molecule has 78 valence electrons. The second-order valence-corrected chi connectivity index (χ2v) is 4.41. The van der Waals surface area contributed by atoms with Gasteiger partial charge in [-0.1, -0.05) is 46.3 Å². The molecule has 1 unspecified atom stereocenters. The minimum absolute atomic E-state index is 0.451. The van der Waals surface area contributed by atoms with Crippen molar-refractivity contribution in [3.63, 3.8) is 0 Å². The van der Waals surface area contributed by atoms with Crippen LogP contribution in [-0.4, -0.2) is 12.6 Å². The third-order valence-electron chi connectivity index (χ3n) is 2.62. The zero-order valence-electron chi connectivity index (χ0n) is 9.85. The molecule has 1 nitrogen and oxygen atoms in total. The summed E-state index contributed by atoms with van der Waals surface area (Å²) in [5, 5.41) is 3.49. The van der Waals surface area contributed by atoms with Gasteiger partial charge >= 0.3 is 0 Å². The van der Waals surface area contributed by atoms with Crippen molar-refractivity contribution in [3.05, 3.63) is 12.2 Å². The Labute approximate surface area is 83.6 Å². The van der Waals surface area contributed by atoms with E-state index in [1.165, 1.54) is 12.8 Å². The van der Waals surface area contributed by atoms with E-state index in [1.54, 1.807) is 0 Å². The summed E-state index contributed by atoms with van der Waals surface area (Å²) in [6.45, 7) is 12.2. The number of likely N-dealkylation sites (N-methyl/N-ethyl adjacent to an activating group) is 1. The zero-order chi connectivity index (χ0) is 10.3. The third-order valence-corrected chi connectivity index (χ3v) is 2.62. The topological polar surface area (TPSA) is 12.0 Å². The van der Waals surface area contributed by atoms with Crippen LogP contribution in [0.2, 0.25) is 0 Å². The zero-order valence-corrected chi connectivity index (χ0v) is 9.85. The lowest BCUT2D eigenvalue weighted by Gasteiger charge is -2.27. The van der Waals surface area contributed by atoms with E-state index >= 15 is 0 Å². The summed E-state index contributed by atoms with van der Waals surface area (Å²) in [7, 11) is 0. The number of hydrogen-bond acceptors (Lipinski definition) is 1. The van der Waals surface area contributed by atoms with Gasteiger partial charge in [0, 0.05) is 6.04 Å². The van der Waals surface area contributed by atoms with Gasteiger partial charge < -0.3 is 5.32 Å². The average molecular weight is 183 g/mol. The Kier molecular flexibility index (Phi) is 6.06. The summed E-state index contributed by atoms with van der Waals surface area (Å²) in [5.74, 6) is 0. The fraction of sp³-hybridized carbons (Fsp3) is 0.833. The van der Waals surface area contributed by atoms with Crippen LogP contribution in [0.15, 0.2) is 12.2 Å². The minimum atomic E-state index is 0.451. The standard InChI is InChI=1S/C12H25N/c1-6-9-11(13-8-3)10-12(4,5)7-2/h6,9,11,13H,7-8,10H2,1-5H3. The summed E-state index contributed by atoms with van der Waals surface area (Å²) in [5.41, 5.74) is 0.451. The van der Waals surface area contributed by atoms with Gasteiger partial charge in [0.25, 0.3) is 0 Å². The van der Waals surface area contributed by atoms with Gasteiger partial charge in [-0.2, -0.15) is 0 Å². The Balaban J connectivity index is 4.08. The van der Waals surface area contributed by atoms with Crippen molar-refractivity contribution in [3.8, 4) is 0 Å². The molecule has 0 aromatic rings. The SMILES string of the molecule is CC=CC(CC(C)(C)CC)NCC. The summed E-state index contributed by atoms with van der Waals surface area (Å²) in [4.78, 5) is 0. The first-order valence-electron chi connectivity index (χ1n) is 5.42. The molecule has 0 spiro atoms. The maximum atomic E-state index is 3.49. The molecule has 0 saturated carbocycles. The van der Waals surface area contributed by atoms with Gasteiger partial charge in [0.2, 0.25) is 0 Å². The third kappa shape index (κ3) is 5.87. The summed E-state index contributed by atoms with van der Waals surface area (Å²) >= 11 is 0. The normalized spacial score (nSPS) is 15.2. The molecule has 0 saturated heterocycles. The second-order valence-electron chi connectivity index (χ2n) is 4.41. The summed E-state index contributed by atoms with van der Waals surface area (Å²) in [6, 6.07) is 0.546. The van der Waals surface area contributed by atoms with Crippen molar-refractivity contribution in [2.45, 2.75) is 53.5 Å². The highest BCUT2D eigenvalue weighted by Gasteiger charge is 2.18. The van der Waals surface area contributed by atoms with Gasteiger partial charge in [0.05, 0.1) is 0 Å². The van der Waals surface area contributed by atoms with E-state index in [4.69, 9.17) is 0 Å². The van der Waals surface area contributed by atoms with E-state index in [1.807, 2.05) is 0 Å². The van der Waals surface area contributed by atoms with Crippen molar-refractivity contribution < 1.29 is 0 Å². The van der Waals surface area contributed by atoms with Crippen LogP contribution in [0.4, 0.5) is 0 Å². The van der Waals surface area contributed by atoms with Crippen LogP contribution < -0.4 is 5.32 Å². The van der Waals surface area contributed by atoms with E-state index in [0.29, 0.717) is 11.5 Å². The molecular formula is C12H25N. The van der Waals surface area contributed by atoms with Gasteiger partial charge in [-0.3, -0.25) is 0 Å². The first-order chi connectivity index (χ1) is 6.05. The Morgan fingerprint density at radius 1 is 1.31 bits per heavy atom. The van der Waals surface area contributed by atoms with Crippen LogP contribution >= 0.6 is 0 Å². The van der Waals surface area contributed by atoms with Crippen molar-refractivity contribution in [1.82, 2.24) is 5.32 Å². The van der Waals surface area contributed by atoms with E-state index in [-0.39, 0.29) is 0 Å². The fourth-order valence-electron chi connectivity index (χ4n) is 1.44. The van der Waals surface area contributed by atoms with Crippen LogP contribution in [0.1, 0.15) is 47.5 Å². The number of allylic oxidation sites excluding steroid dienone is 1. The Bertz CT molecular complexity index is 147. The maximum absolute atomic E-state index is 3.49. The molecule has 0 heterocycles. The molecule has 0 radical (unpaired) electrons. The molecule has 0 aliphatic carbocycles. The molecule has 1 heteroatoms. The highest BCUT2D eigenvalue weighted by Crippen LogP contribution is 2.26. The molecule has 0 fully saturated rings. The highest BCUT2D eigenvalue weighted by atomic mass is 14.9. The largest absolute Gasteiger partial charge is 0.311 e. The van der Waals surface area contributed by atoms with Gasteiger partial charge in [0.15, 0.2) is 0 Å². The van der Waals surface area contributed by atoms with E-state index in [2.05, 4.69) is 52.1 Å². The second kappa shape index (κ2) is 6.20. The highest BCUT2D eigenvalue weighted by molar-refractivity contribution is 4.93. The Morgan fingerprint density at radius 3 is 2.31 bits per heavy atom. The van der Waals surface area contributed by atoms with E-state index in [0.717, 1.165) is 6.54 Å². The molecule has 0 bridgehead atoms.